The SMILES string of the molecule is CCOc1cccc(C(NN)c2ccccc2C)c1. The molecule has 0 aliphatic rings. The first-order chi connectivity index (χ1) is 9.26. The van der Waals surface area contributed by atoms with Gasteiger partial charge in [-0.2, -0.15) is 0 Å². The molecular formula is C16H20N2O. The van der Waals surface area contributed by atoms with Crippen molar-refractivity contribution < 1.29 is 4.74 Å². The van der Waals surface area contributed by atoms with Crippen LogP contribution in [0.4, 0.5) is 0 Å². The smallest absolute Gasteiger partial charge is 0.119 e. The Kier molecular flexibility index (Phi) is 4.55. The van der Waals surface area contributed by atoms with Crippen LogP contribution in [-0.2, 0) is 0 Å². The highest BCUT2D eigenvalue weighted by Gasteiger charge is 2.14. The zero-order chi connectivity index (χ0) is 13.7. The lowest BCUT2D eigenvalue weighted by atomic mass is 9.95. The average molecular weight is 256 g/mol. The van der Waals surface area contributed by atoms with E-state index in [2.05, 4.69) is 30.5 Å². The van der Waals surface area contributed by atoms with Crippen LogP contribution in [0.3, 0.4) is 0 Å². The summed E-state index contributed by atoms with van der Waals surface area (Å²) in [5.41, 5.74) is 6.38. The fraction of sp³-hybridized carbons (Fsp3) is 0.250. The molecule has 0 aliphatic heterocycles. The second kappa shape index (κ2) is 6.36. The summed E-state index contributed by atoms with van der Waals surface area (Å²) < 4.78 is 5.54. The highest BCUT2D eigenvalue weighted by molar-refractivity contribution is 5.39. The minimum Gasteiger partial charge on any atom is -0.494 e. The summed E-state index contributed by atoms with van der Waals surface area (Å²) in [5.74, 6) is 6.61. The van der Waals surface area contributed by atoms with E-state index in [1.807, 2.05) is 37.3 Å². The van der Waals surface area contributed by atoms with Gasteiger partial charge in [-0.25, -0.2) is 5.43 Å². The zero-order valence-corrected chi connectivity index (χ0v) is 11.4. The van der Waals surface area contributed by atoms with E-state index in [0.717, 1.165) is 11.3 Å². The third-order valence-electron chi connectivity index (χ3n) is 3.17. The Hall–Kier alpha value is -1.84. The van der Waals surface area contributed by atoms with Crippen molar-refractivity contribution in [1.29, 1.82) is 0 Å². The molecule has 3 N–H and O–H groups in total. The van der Waals surface area contributed by atoms with Gasteiger partial charge in [0, 0.05) is 0 Å². The van der Waals surface area contributed by atoms with Gasteiger partial charge in [0.25, 0.3) is 0 Å². The standard InChI is InChI=1S/C16H20N2O/c1-3-19-14-9-6-8-13(11-14)16(18-17)15-10-5-4-7-12(15)2/h4-11,16,18H,3,17H2,1-2H3. The quantitative estimate of drug-likeness (QED) is 0.638. The fourth-order valence-electron chi connectivity index (χ4n) is 2.23. The van der Waals surface area contributed by atoms with Gasteiger partial charge in [-0.05, 0) is 42.7 Å². The predicted octanol–water partition coefficient (Wildman–Crippen LogP) is 2.95. The number of rotatable bonds is 5. The van der Waals surface area contributed by atoms with Gasteiger partial charge in [-0.3, -0.25) is 5.84 Å². The Morgan fingerprint density at radius 3 is 2.63 bits per heavy atom. The summed E-state index contributed by atoms with van der Waals surface area (Å²) in [7, 11) is 0. The van der Waals surface area contributed by atoms with Crippen molar-refractivity contribution in [1.82, 2.24) is 5.43 Å². The Balaban J connectivity index is 2.37. The second-order valence-corrected chi connectivity index (χ2v) is 4.46. The van der Waals surface area contributed by atoms with Crippen molar-refractivity contribution in [3.63, 3.8) is 0 Å². The molecule has 0 saturated heterocycles. The Morgan fingerprint density at radius 2 is 1.95 bits per heavy atom. The highest BCUT2D eigenvalue weighted by atomic mass is 16.5. The van der Waals surface area contributed by atoms with Crippen LogP contribution >= 0.6 is 0 Å². The Labute approximate surface area is 114 Å². The largest absolute Gasteiger partial charge is 0.494 e. The van der Waals surface area contributed by atoms with Crippen LogP contribution in [0.25, 0.3) is 0 Å². The van der Waals surface area contributed by atoms with Gasteiger partial charge < -0.3 is 4.74 Å². The predicted molar refractivity (Wildman–Crippen MR) is 78.0 cm³/mol. The van der Waals surface area contributed by atoms with Crippen LogP contribution in [0.5, 0.6) is 5.75 Å². The first-order valence-electron chi connectivity index (χ1n) is 6.50. The topological polar surface area (TPSA) is 47.3 Å². The van der Waals surface area contributed by atoms with E-state index in [4.69, 9.17) is 10.6 Å². The molecule has 3 heteroatoms. The third kappa shape index (κ3) is 3.13. The molecule has 0 fully saturated rings. The van der Waals surface area contributed by atoms with Crippen LogP contribution in [0, 0.1) is 6.92 Å². The molecule has 100 valence electrons. The van der Waals surface area contributed by atoms with Gasteiger partial charge in [0.05, 0.1) is 12.6 Å². The molecule has 0 aromatic heterocycles. The molecule has 0 radical (unpaired) electrons. The normalized spacial score (nSPS) is 12.2. The van der Waals surface area contributed by atoms with Crippen LogP contribution in [0.15, 0.2) is 48.5 Å². The number of hydrogen-bond acceptors (Lipinski definition) is 3. The van der Waals surface area contributed by atoms with Gasteiger partial charge in [-0.1, -0.05) is 36.4 Å². The first-order valence-corrected chi connectivity index (χ1v) is 6.50. The number of benzene rings is 2. The summed E-state index contributed by atoms with van der Waals surface area (Å²) in [6.45, 7) is 4.73. The number of ether oxygens (including phenoxy) is 1. The van der Waals surface area contributed by atoms with Crippen molar-refractivity contribution in [3.05, 3.63) is 65.2 Å². The summed E-state index contributed by atoms with van der Waals surface area (Å²) in [5, 5.41) is 0. The maximum atomic E-state index is 5.74. The lowest BCUT2D eigenvalue weighted by molar-refractivity contribution is 0.339. The molecule has 1 unspecified atom stereocenters. The molecule has 0 amide bonds. The molecule has 2 aromatic carbocycles. The number of nitrogens with two attached hydrogens (primary N) is 1. The number of nitrogens with one attached hydrogen (secondary N) is 1. The maximum Gasteiger partial charge on any atom is 0.119 e. The lowest BCUT2D eigenvalue weighted by Crippen LogP contribution is -2.29. The van der Waals surface area contributed by atoms with E-state index in [0.29, 0.717) is 6.61 Å². The number of hydrazine groups is 1. The first kappa shape index (κ1) is 13.6. The molecule has 0 aliphatic carbocycles. The molecule has 2 rings (SSSR count). The minimum atomic E-state index is -0.0263. The molecule has 1 atom stereocenters. The molecule has 0 saturated carbocycles. The summed E-state index contributed by atoms with van der Waals surface area (Å²) in [6.07, 6.45) is 0. The average Bonchev–Trinajstić information content (AvgIpc) is 2.43. The molecule has 2 aromatic rings. The number of aryl methyl sites for hydroxylation is 1. The summed E-state index contributed by atoms with van der Waals surface area (Å²) in [4.78, 5) is 0. The highest BCUT2D eigenvalue weighted by Crippen LogP contribution is 2.26. The van der Waals surface area contributed by atoms with Gasteiger partial charge in [0.15, 0.2) is 0 Å². The van der Waals surface area contributed by atoms with E-state index in [-0.39, 0.29) is 6.04 Å². The van der Waals surface area contributed by atoms with Crippen molar-refractivity contribution in [2.24, 2.45) is 5.84 Å². The van der Waals surface area contributed by atoms with Crippen LogP contribution in [0.1, 0.15) is 29.7 Å². The van der Waals surface area contributed by atoms with E-state index >= 15 is 0 Å². The van der Waals surface area contributed by atoms with Gasteiger partial charge in [0.1, 0.15) is 5.75 Å². The molecule has 3 nitrogen and oxygen atoms in total. The van der Waals surface area contributed by atoms with Crippen molar-refractivity contribution in [3.8, 4) is 5.75 Å². The van der Waals surface area contributed by atoms with Crippen molar-refractivity contribution >= 4 is 0 Å². The molecule has 19 heavy (non-hydrogen) atoms. The molecule has 0 spiro atoms. The third-order valence-corrected chi connectivity index (χ3v) is 3.17. The van der Waals surface area contributed by atoms with Gasteiger partial charge >= 0.3 is 0 Å². The summed E-state index contributed by atoms with van der Waals surface area (Å²) in [6, 6.07) is 16.2. The van der Waals surface area contributed by atoms with Gasteiger partial charge in [0.2, 0.25) is 0 Å². The van der Waals surface area contributed by atoms with Crippen LogP contribution in [0.2, 0.25) is 0 Å². The van der Waals surface area contributed by atoms with Crippen LogP contribution < -0.4 is 16.0 Å². The van der Waals surface area contributed by atoms with E-state index in [1.165, 1.54) is 11.1 Å². The molecular weight excluding hydrogens is 236 g/mol. The minimum absolute atomic E-state index is 0.0263. The number of hydrogen-bond donors (Lipinski definition) is 2. The Bertz CT molecular complexity index is 540. The van der Waals surface area contributed by atoms with Gasteiger partial charge in [-0.15, -0.1) is 0 Å². The molecule has 0 bridgehead atoms. The fourth-order valence-corrected chi connectivity index (χ4v) is 2.23. The van der Waals surface area contributed by atoms with E-state index < -0.39 is 0 Å². The lowest BCUT2D eigenvalue weighted by Gasteiger charge is -2.19. The van der Waals surface area contributed by atoms with Crippen molar-refractivity contribution in [2.75, 3.05) is 6.61 Å². The Morgan fingerprint density at radius 1 is 1.16 bits per heavy atom. The van der Waals surface area contributed by atoms with Crippen molar-refractivity contribution in [2.45, 2.75) is 19.9 Å². The monoisotopic (exact) mass is 256 g/mol. The second-order valence-electron chi connectivity index (χ2n) is 4.46. The van der Waals surface area contributed by atoms with Crippen LogP contribution in [-0.4, -0.2) is 6.61 Å². The van der Waals surface area contributed by atoms with E-state index in [9.17, 15) is 0 Å². The zero-order valence-electron chi connectivity index (χ0n) is 11.4. The maximum absolute atomic E-state index is 5.74. The van der Waals surface area contributed by atoms with E-state index in [1.54, 1.807) is 0 Å². The molecule has 0 heterocycles. The summed E-state index contributed by atoms with van der Waals surface area (Å²) >= 11 is 0.